The molecule has 4 rings (SSSR count). The van der Waals surface area contributed by atoms with Crippen LogP contribution in [0.25, 0.3) is 0 Å². The molecule has 5 nitrogen and oxygen atoms in total. The van der Waals surface area contributed by atoms with Crippen molar-refractivity contribution in [3.8, 4) is 0 Å². The van der Waals surface area contributed by atoms with Gasteiger partial charge in [-0.15, -0.1) is 0 Å². The average Bonchev–Trinajstić information content (AvgIpc) is 3.08. The Morgan fingerprint density at radius 2 is 1.74 bits per heavy atom. The first kappa shape index (κ1) is 24.8. The third-order valence-corrected chi connectivity index (χ3v) is 6.51. The maximum absolute atomic E-state index is 13.2. The van der Waals surface area contributed by atoms with Crippen LogP contribution in [0, 0.1) is 0 Å². The smallest absolute Gasteiger partial charge is 0.326 e. The second-order valence-electron chi connectivity index (χ2n) is 7.72. The molecule has 0 aliphatic carbocycles. The number of amides is 2. The number of thioether (sulfide) groups is 1. The average molecular weight is 518 g/mol. The normalized spacial score (nSPS) is 17.1. The van der Waals surface area contributed by atoms with Crippen LogP contribution in [0.4, 0.5) is 24.5 Å². The summed E-state index contributed by atoms with van der Waals surface area (Å²) in [6.07, 6.45) is -4.56. The summed E-state index contributed by atoms with van der Waals surface area (Å²) >= 11 is 7.06. The summed E-state index contributed by atoms with van der Waals surface area (Å²) in [7, 11) is 0. The summed E-state index contributed by atoms with van der Waals surface area (Å²) in [5, 5.41) is 2.78. The number of alkyl halides is 3. The van der Waals surface area contributed by atoms with E-state index in [-0.39, 0.29) is 30.5 Å². The molecule has 0 aromatic heterocycles. The van der Waals surface area contributed by atoms with Crippen molar-refractivity contribution in [2.75, 3.05) is 5.32 Å². The summed E-state index contributed by atoms with van der Waals surface area (Å²) in [4.78, 5) is 31.7. The van der Waals surface area contributed by atoms with Crippen LogP contribution in [0.15, 0.2) is 83.9 Å². The Labute approximate surface area is 209 Å². The summed E-state index contributed by atoms with van der Waals surface area (Å²) in [5.74, 6) is -0.667. The molecule has 35 heavy (non-hydrogen) atoms. The lowest BCUT2D eigenvalue weighted by atomic mass is 10.2. The number of anilines is 1. The van der Waals surface area contributed by atoms with Gasteiger partial charge in [-0.1, -0.05) is 59.8 Å². The molecule has 0 spiro atoms. The molecular formula is C25H19ClF3N3O2S. The first-order valence-electron chi connectivity index (χ1n) is 10.5. The van der Waals surface area contributed by atoms with Crippen molar-refractivity contribution in [3.05, 3.63) is 95.0 Å². The fraction of sp³-hybridized carbons (Fsp3) is 0.160. The van der Waals surface area contributed by atoms with Gasteiger partial charge in [0.15, 0.2) is 5.17 Å². The summed E-state index contributed by atoms with van der Waals surface area (Å²) < 4.78 is 38.7. The minimum atomic E-state index is -4.45. The van der Waals surface area contributed by atoms with Crippen molar-refractivity contribution in [2.24, 2.45) is 4.99 Å². The summed E-state index contributed by atoms with van der Waals surface area (Å²) in [5.41, 5.74) is 0.854. The van der Waals surface area contributed by atoms with Gasteiger partial charge in [-0.3, -0.25) is 14.5 Å². The Morgan fingerprint density at radius 3 is 2.40 bits per heavy atom. The molecule has 10 heteroatoms. The number of rotatable bonds is 6. The zero-order chi connectivity index (χ0) is 25.0. The van der Waals surface area contributed by atoms with E-state index in [1.54, 1.807) is 24.3 Å². The largest absolute Gasteiger partial charge is 0.416 e. The van der Waals surface area contributed by atoms with E-state index in [4.69, 9.17) is 11.6 Å². The molecule has 180 valence electrons. The second kappa shape index (κ2) is 10.5. The Hall–Kier alpha value is -3.30. The van der Waals surface area contributed by atoms with E-state index in [2.05, 4.69) is 10.3 Å². The number of amidine groups is 1. The minimum Gasteiger partial charge on any atom is -0.326 e. The third kappa shape index (κ3) is 6.43. The molecule has 0 saturated carbocycles. The van der Waals surface area contributed by atoms with E-state index in [0.717, 1.165) is 29.5 Å². The molecule has 1 aliphatic rings. The Bertz CT molecular complexity index is 1250. The molecule has 0 radical (unpaired) electrons. The first-order chi connectivity index (χ1) is 16.7. The lowest BCUT2D eigenvalue weighted by Crippen LogP contribution is -2.33. The van der Waals surface area contributed by atoms with Gasteiger partial charge in [0.1, 0.15) is 5.25 Å². The topological polar surface area (TPSA) is 61.8 Å². The number of halogens is 4. The molecular weight excluding hydrogens is 499 g/mol. The maximum Gasteiger partial charge on any atom is 0.416 e. The van der Waals surface area contributed by atoms with Crippen LogP contribution < -0.4 is 5.32 Å². The van der Waals surface area contributed by atoms with E-state index >= 15 is 0 Å². The summed E-state index contributed by atoms with van der Waals surface area (Å²) in [6.45, 7) is 0.221. The number of nitrogens with one attached hydrogen (secondary N) is 1. The molecule has 1 saturated heterocycles. The number of benzene rings is 3. The van der Waals surface area contributed by atoms with Crippen molar-refractivity contribution < 1.29 is 22.8 Å². The van der Waals surface area contributed by atoms with E-state index in [1.807, 2.05) is 30.3 Å². The zero-order valence-corrected chi connectivity index (χ0v) is 19.7. The fourth-order valence-corrected chi connectivity index (χ4v) is 4.77. The Kier molecular flexibility index (Phi) is 7.47. The van der Waals surface area contributed by atoms with E-state index < -0.39 is 17.0 Å². The molecule has 3 aromatic rings. The predicted molar refractivity (Wildman–Crippen MR) is 132 cm³/mol. The van der Waals surface area contributed by atoms with Crippen molar-refractivity contribution >= 4 is 51.7 Å². The van der Waals surface area contributed by atoms with Gasteiger partial charge in [0.25, 0.3) is 0 Å². The van der Waals surface area contributed by atoms with Gasteiger partial charge in [-0.2, -0.15) is 13.2 Å². The van der Waals surface area contributed by atoms with E-state index in [0.29, 0.717) is 15.9 Å². The standard InChI is InChI=1S/C25H19ClF3N3O2S/c26-18-7-4-8-20(13-18)30-22(33)14-21-23(34)32(15-16-5-2-1-3-6-16)24(35-21)31-19-11-9-17(10-12-19)25(27,28)29/h1-13,21H,14-15H2,(H,30,33)/t21-/m0/s1. The van der Waals surface area contributed by atoms with Crippen LogP contribution in [0.1, 0.15) is 17.5 Å². The van der Waals surface area contributed by atoms with Crippen LogP contribution in [-0.4, -0.2) is 27.1 Å². The Morgan fingerprint density at radius 1 is 1.03 bits per heavy atom. The van der Waals surface area contributed by atoms with Gasteiger partial charge in [0, 0.05) is 17.1 Å². The highest BCUT2D eigenvalue weighted by atomic mass is 35.5. The van der Waals surface area contributed by atoms with Gasteiger partial charge in [0.05, 0.1) is 17.8 Å². The second-order valence-corrected chi connectivity index (χ2v) is 9.32. The molecule has 0 unspecified atom stereocenters. The maximum atomic E-state index is 13.2. The molecule has 3 aromatic carbocycles. The monoisotopic (exact) mass is 517 g/mol. The number of aliphatic imine (C=N–C) groups is 1. The van der Waals surface area contributed by atoms with Crippen molar-refractivity contribution in [2.45, 2.75) is 24.4 Å². The predicted octanol–water partition coefficient (Wildman–Crippen LogP) is 6.52. The fourth-order valence-electron chi connectivity index (χ4n) is 3.42. The van der Waals surface area contributed by atoms with Crippen LogP contribution in [0.3, 0.4) is 0 Å². The number of hydrogen-bond acceptors (Lipinski definition) is 4. The molecule has 1 N–H and O–H groups in total. The molecule has 0 bridgehead atoms. The Balaban J connectivity index is 1.55. The third-order valence-electron chi connectivity index (χ3n) is 5.10. The lowest BCUT2D eigenvalue weighted by molar-refractivity contribution is -0.137. The molecule has 1 atom stereocenters. The molecule has 1 fully saturated rings. The van der Waals surface area contributed by atoms with Gasteiger partial charge < -0.3 is 5.32 Å². The van der Waals surface area contributed by atoms with Gasteiger partial charge in [0.2, 0.25) is 11.8 Å². The quantitative estimate of drug-likeness (QED) is 0.405. The highest BCUT2D eigenvalue weighted by Crippen LogP contribution is 2.34. The number of carbonyl (C=O) groups is 2. The van der Waals surface area contributed by atoms with Crippen LogP contribution in [-0.2, 0) is 22.3 Å². The van der Waals surface area contributed by atoms with Crippen molar-refractivity contribution in [3.63, 3.8) is 0 Å². The van der Waals surface area contributed by atoms with Crippen LogP contribution >= 0.6 is 23.4 Å². The van der Waals surface area contributed by atoms with Crippen molar-refractivity contribution in [1.29, 1.82) is 0 Å². The van der Waals surface area contributed by atoms with Crippen LogP contribution in [0.5, 0.6) is 0 Å². The van der Waals surface area contributed by atoms with Crippen LogP contribution in [0.2, 0.25) is 5.02 Å². The zero-order valence-electron chi connectivity index (χ0n) is 18.1. The molecule has 1 aliphatic heterocycles. The highest BCUT2D eigenvalue weighted by Gasteiger charge is 2.39. The lowest BCUT2D eigenvalue weighted by Gasteiger charge is -2.16. The van der Waals surface area contributed by atoms with Crippen molar-refractivity contribution in [1.82, 2.24) is 4.90 Å². The highest BCUT2D eigenvalue weighted by molar-refractivity contribution is 8.15. The SMILES string of the molecule is O=C(C[C@@H]1SC(=Nc2ccc(C(F)(F)F)cc2)N(Cc2ccccc2)C1=O)Nc1cccc(Cl)c1. The number of nitrogens with zero attached hydrogens (tertiary/aromatic N) is 2. The van der Waals surface area contributed by atoms with Gasteiger partial charge in [-0.25, -0.2) is 4.99 Å². The van der Waals surface area contributed by atoms with Gasteiger partial charge >= 0.3 is 6.18 Å². The van der Waals surface area contributed by atoms with Gasteiger partial charge in [-0.05, 0) is 48.0 Å². The molecule has 2 amide bonds. The molecule has 1 heterocycles. The number of hydrogen-bond donors (Lipinski definition) is 1. The summed E-state index contributed by atoms with van der Waals surface area (Å²) in [6, 6.07) is 20.3. The van der Waals surface area contributed by atoms with E-state index in [1.165, 1.54) is 17.0 Å². The van der Waals surface area contributed by atoms with E-state index in [9.17, 15) is 22.8 Å². The number of carbonyl (C=O) groups excluding carboxylic acids is 2. The minimum absolute atomic E-state index is 0.104. The first-order valence-corrected chi connectivity index (χ1v) is 11.8.